The van der Waals surface area contributed by atoms with Gasteiger partial charge in [-0.2, -0.15) is 0 Å². The Labute approximate surface area is 52.4 Å². The summed E-state index contributed by atoms with van der Waals surface area (Å²) in [5.41, 5.74) is 0. The zero-order valence-electron chi connectivity index (χ0n) is 3.57. The fourth-order valence-electron chi connectivity index (χ4n) is 0.423. The van der Waals surface area contributed by atoms with Gasteiger partial charge in [0.25, 0.3) is 0 Å². The molecular weight excluding hydrogens is 131 g/mol. The van der Waals surface area contributed by atoms with Crippen LogP contribution in [-0.4, -0.2) is 4.33 Å². The number of halogens is 2. The van der Waals surface area contributed by atoms with E-state index < -0.39 is 4.33 Å². The Morgan fingerprint density at radius 3 is 1.57 bits per heavy atom. The van der Waals surface area contributed by atoms with Gasteiger partial charge in [-0.05, 0) is 12.2 Å². The molecule has 0 saturated heterocycles. The van der Waals surface area contributed by atoms with Gasteiger partial charge in [0.15, 0.2) is 4.33 Å². The van der Waals surface area contributed by atoms with Crippen molar-refractivity contribution in [2.45, 2.75) is 4.33 Å². The molecule has 7 heavy (non-hydrogen) atoms. The molecule has 0 nitrogen and oxygen atoms in total. The molecule has 0 aromatic heterocycles. The van der Waals surface area contributed by atoms with Gasteiger partial charge in [0, 0.05) is 0 Å². The van der Waals surface area contributed by atoms with Crippen molar-refractivity contribution >= 4 is 23.2 Å². The molecule has 1 aliphatic carbocycles. The third-order valence-electron chi connectivity index (χ3n) is 0.748. The smallest absolute Gasteiger partial charge is 0.0923 e. The van der Waals surface area contributed by atoms with E-state index in [2.05, 4.69) is 0 Å². The Kier molecular flexibility index (Phi) is 1.14. The summed E-state index contributed by atoms with van der Waals surface area (Å²) in [7, 11) is 0. The SMILES string of the molecule is ClC1(Cl)C=CC=C1. The Morgan fingerprint density at radius 2 is 1.43 bits per heavy atom. The first-order valence-electron chi connectivity index (χ1n) is 1.96. The summed E-state index contributed by atoms with van der Waals surface area (Å²) in [5.74, 6) is 0. The third-order valence-corrected chi connectivity index (χ3v) is 1.25. The highest BCUT2D eigenvalue weighted by Crippen LogP contribution is 2.27. The van der Waals surface area contributed by atoms with Crippen LogP contribution in [0.1, 0.15) is 0 Å². The number of hydrogen-bond acceptors (Lipinski definition) is 0. The molecule has 0 aromatic carbocycles. The minimum atomic E-state index is -0.722. The molecule has 0 spiro atoms. The standard InChI is InChI=1S/C5H4Cl2/c6-5(7)3-1-2-4-5/h1-4H. The fourth-order valence-corrected chi connectivity index (χ4v) is 0.714. The van der Waals surface area contributed by atoms with Crippen LogP contribution in [0.25, 0.3) is 0 Å². The normalized spacial score (nSPS) is 23.7. The van der Waals surface area contributed by atoms with Crippen LogP contribution < -0.4 is 0 Å². The molecule has 1 aliphatic rings. The van der Waals surface area contributed by atoms with E-state index in [0.29, 0.717) is 0 Å². The molecule has 38 valence electrons. The lowest BCUT2D eigenvalue weighted by Gasteiger charge is -2.01. The van der Waals surface area contributed by atoms with Crippen LogP contribution in [0.3, 0.4) is 0 Å². The van der Waals surface area contributed by atoms with Crippen molar-refractivity contribution in [1.29, 1.82) is 0 Å². The molecule has 0 atom stereocenters. The van der Waals surface area contributed by atoms with Crippen LogP contribution in [0.2, 0.25) is 0 Å². The third kappa shape index (κ3) is 1.22. The van der Waals surface area contributed by atoms with E-state index in [9.17, 15) is 0 Å². The molecule has 0 N–H and O–H groups in total. The Hall–Kier alpha value is 0.0600. The van der Waals surface area contributed by atoms with E-state index in [1.165, 1.54) is 0 Å². The van der Waals surface area contributed by atoms with Crippen molar-refractivity contribution in [1.82, 2.24) is 0 Å². The molecule has 1 rings (SSSR count). The van der Waals surface area contributed by atoms with E-state index in [-0.39, 0.29) is 0 Å². The Balaban J connectivity index is 2.77. The van der Waals surface area contributed by atoms with Gasteiger partial charge >= 0.3 is 0 Å². The summed E-state index contributed by atoms with van der Waals surface area (Å²) >= 11 is 11.1. The van der Waals surface area contributed by atoms with E-state index >= 15 is 0 Å². The second-order valence-corrected chi connectivity index (χ2v) is 2.84. The molecule has 0 saturated carbocycles. The lowest BCUT2D eigenvalue weighted by Crippen LogP contribution is -1.97. The Bertz CT molecular complexity index is 108. The first-order chi connectivity index (χ1) is 3.21. The van der Waals surface area contributed by atoms with Crippen molar-refractivity contribution in [2.75, 3.05) is 0 Å². The summed E-state index contributed by atoms with van der Waals surface area (Å²) in [4.78, 5) is 0. The highest BCUT2D eigenvalue weighted by Gasteiger charge is 2.16. The molecule has 0 bridgehead atoms. The largest absolute Gasteiger partial charge is 0.155 e. The lowest BCUT2D eigenvalue weighted by molar-refractivity contribution is 1.31. The van der Waals surface area contributed by atoms with Gasteiger partial charge in [-0.15, -0.1) is 0 Å². The maximum Gasteiger partial charge on any atom is 0.155 e. The van der Waals surface area contributed by atoms with Crippen molar-refractivity contribution in [2.24, 2.45) is 0 Å². The maximum atomic E-state index is 5.56. The maximum absolute atomic E-state index is 5.56. The van der Waals surface area contributed by atoms with E-state index in [1.54, 1.807) is 12.2 Å². The van der Waals surface area contributed by atoms with Gasteiger partial charge in [-0.3, -0.25) is 0 Å². The van der Waals surface area contributed by atoms with Crippen LogP contribution in [0, 0.1) is 0 Å². The molecule has 0 aromatic rings. The first kappa shape index (κ1) is 5.20. The zero-order chi connectivity index (χ0) is 5.33. The van der Waals surface area contributed by atoms with E-state index in [4.69, 9.17) is 23.2 Å². The van der Waals surface area contributed by atoms with Crippen LogP contribution in [-0.2, 0) is 0 Å². The zero-order valence-corrected chi connectivity index (χ0v) is 5.08. The summed E-state index contributed by atoms with van der Waals surface area (Å²) in [6, 6.07) is 0. The van der Waals surface area contributed by atoms with Crippen LogP contribution in [0.15, 0.2) is 24.3 Å². The van der Waals surface area contributed by atoms with E-state index in [1.807, 2.05) is 12.2 Å². The lowest BCUT2D eigenvalue weighted by atomic mass is 10.5. The summed E-state index contributed by atoms with van der Waals surface area (Å²) in [6.45, 7) is 0. The molecule has 0 amide bonds. The van der Waals surface area contributed by atoms with E-state index in [0.717, 1.165) is 0 Å². The van der Waals surface area contributed by atoms with Crippen molar-refractivity contribution in [3.8, 4) is 0 Å². The molecule has 0 radical (unpaired) electrons. The summed E-state index contributed by atoms with van der Waals surface area (Å²) < 4.78 is -0.722. The average molecular weight is 135 g/mol. The topological polar surface area (TPSA) is 0 Å². The number of hydrogen-bond donors (Lipinski definition) is 0. The van der Waals surface area contributed by atoms with Gasteiger partial charge in [-0.25, -0.2) is 0 Å². The molecule has 0 unspecified atom stereocenters. The molecule has 2 heteroatoms. The second kappa shape index (κ2) is 1.53. The first-order valence-corrected chi connectivity index (χ1v) is 2.71. The van der Waals surface area contributed by atoms with Crippen molar-refractivity contribution < 1.29 is 0 Å². The van der Waals surface area contributed by atoms with Crippen LogP contribution in [0.5, 0.6) is 0 Å². The minimum absolute atomic E-state index is 0.722. The average Bonchev–Trinajstić information content (AvgIpc) is 1.84. The molecule has 0 fully saturated rings. The van der Waals surface area contributed by atoms with Crippen molar-refractivity contribution in [3.05, 3.63) is 24.3 Å². The highest BCUT2D eigenvalue weighted by molar-refractivity contribution is 6.51. The molecule has 0 heterocycles. The second-order valence-electron chi connectivity index (χ2n) is 1.39. The predicted octanol–water partition coefficient (Wildman–Crippen LogP) is 2.29. The number of rotatable bonds is 0. The van der Waals surface area contributed by atoms with Crippen molar-refractivity contribution in [3.63, 3.8) is 0 Å². The van der Waals surface area contributed by atoms with Gasteiger partial charge in [0.1, 0.15) is 0 Å². The van der Waals surface area contributed by atoms with Gasteiger partial charge in [0.05, 0.1) is 0 Å². The minimum Gasteiger partial charge on any atom is -0.0923 e. The quantitative estimate of drug-likeness (QED) is 0.447. The summed E-state index contributed by atoms with van der Waals surface area (Å²) in [5, 5.41) is 0. The summed E-state index contributed by atoms with van der Waals surface area (Å²) in [6.07, 6.45) is 7.08. The predicted molar refractivity (Wildman–Crippen MR) is 32.7 cm³/mol. The van der Waals surface area contributed by atoms with Crippen LogP contribution in [0.4, 0.5) is 0 Å². The molecular formula is C5H4Cl2. The monoisotopic (exact) mass is 134 g/mol. The number of allylic oxidation sites excluding steroid dienone is 4. The fraction of sp³-hybridized carbons (Fsp3) is 0.200. The Morgan fingerprint density at radius 1 is 1.00 bits per heavy atom. The number of alkyl halides is 2. The van der Waals surface area contributed by atoms with Gasteiger partial charge in [-0.1, -0.05) is 35.4 Å². The van der Waals surface area contributed by atoms with Crippen LogP contribution >= 0.6 is 23.2 Å². The highest BCUT2D eigenvalue weighted by atomic mass is 35.5. The van der Waals surface area contributed by atoms with Gasteiger partial charge in [0.2, 0.25) is 0 Å². The molecule has 0 aliphatic heterocycles. The van der Waals surface area contributed by atoms with Gasteiger partial charge < -0.3 is 0 Å².